The minimum Gasteiger partial charge on any atom is -0.462 e. The van der Waals surface area contributed by atoms with Crippen molar-refractivity contribution >= 4 is 41.8 Å². The van der Waals surface area contributed by atoms with Crippen molar-refractivity contribution in [1.82, 2.24) is 4.57 Å². The highest BCUT2D eigenvalue weighted by Crippen LogP contribution is 2.28. The van der Waals surface area contributed by atoms with E-state index < -0.39 is 74.0 Å². The second kappa shape index (κ2) is 9.37. The van der Waals surface area contributed by atoms with Crippen LogP contribution in [0.15, 0.2) is 29.2 Å². The first-order valence-electron chi connectivity index (χ1n) is 9.58. The monoisotopic (exact) mass is 474 g/mol. The Kier molecular flexibility index (Phi) is 6.75. The average molecular weight is 474 g/mol. The van der Waals surface area contributed by atoms with Crippen molar-refractivity contribution in [3.63, 3.8) is 0 Å². The lowest BCUT2D eigenvalue weighted by Gasteiger charge is -2.19. The van der Waals surface area contributed by atoms with Gasteiger partial charge in [-0.15, -0.1) is 0 Å². The number of rotatable bonds is 6. The van der Waals surface area contributed by atoms with Crippen molar-refractivity contribution in [2.24, 2.45) is 0 Å². The number of aromatic nitrogens is 1. The third kappa shape index (κ3) is 4.36. The second-order valence-electron chi connectivity index (χ2n) is 6.91. The fraction of sp³-hybridized carbons (Fsp3) is 0.190. The van der Waals surface area contributed by atoms with E-state index in [4.69, 9.17) is 17.3 Å². The van der Waals surface area contributed by atoms with Crippen LogP contribution in [0.1, 0.15) is 29.8 Å². The molecule has 0 fully saturated rings. The lowest BCUT2D eigenvalue weighted by atomic mass is 9.91. The van der Waals surface area contributed by atoms with E-state index in [-0.39, 0.29) is 17.9 Å². The number of fused-ring (bicyclic) bond motifs is 1. The van der Waals surface area contributed by atoms with Gasteiger partial charge in [0.25, 0.3) is 0 Å². The van der Waals surface area contributed by atoms with Crippen molar-refractivity contribution in [2.75, 3.05) is 6.61 Å². The number of hydrogen-bond donors (Lipinski definition) is 0. The Morgan fingerprint density at radius 3 is 2.41 bits per heavy atom. The Morgan fingerprint density at radius 2 is 1.82 bits per heavy atom. The molecule has 0 N–H and O–H groups in total. The molecule has 0 bridgehead atoms. The minimum absolute atomic E-state index is 0.129. The molecule has 9 nitrogen and oxygen atoms in total. The summed E-state index contributed by atoms with van der Waals surface area (Å²) in [5.41, 5.74) is -4.47. The summed E-state index contributed by atoms with van der Waals surface area (Å²) in [4.78, 5) is 46.8. The molecule has 2 radical (unpaired) electrons. The van der Waals surface area contributed by atoms with Gasteiger partial charge in [0.2, 0.25) is 11.2 Å². The largest absolute Gasteiger partial charge is 0.462 e. The van der Waals surface area contributed by atoms with Gasteiger partial charge in [-0.1, -0.05) is 0 Å². The van der Waals surface area contributed by atoms with Gasteiger partial charge in [0, 0.05) is 30.1 Å². The van der Waals surface area contributed by atoms with Crippen molar-refractivity contribution in [3.05, 3.63) is 73.3 Å². The SMILES string of the molecule is [B]c1c(F)c(F)cc2c(=O)c(C(=O)OCC)cn(-c3cc([N+](=O)[O-])c(F)cc3COC(C)=O)c12. The van der Waals surface area contributed by atoms with Crippen LogP contribution >= 0.6 is 0 Å². The summed E-state index contributed by atoms with van der Waals surface area (Å²) in [6, 6.07) is 1.92. The molecule has 2 aromatic carbocycles. The van der Waals surface area contributed by atoms with Crippen LogP contribution < -0.4 is 10.9 Å². The molecule has 0 spiro atoms. The number of nitrogens with zero attached hydrogens (tertiary/aromatic N) is 2. The van der Waals surface area contributed by atoms with E-state index in [1.807, 2.05) is 0 Å². The summed E-state index contributed by atoms with van der Waals surface area (Å²) < 4.78 is 53.4. The third-order valence-corrected chi connectivity index (χ3v) is 4.75. The topological polar surface area (TPSA) is 118 Å². The van der Waals surface area contributed by atoms with Crippen molar-refractivity contribution in [1.29, 1.82) is 0 Å². The second-order valence-corrected chi connectivity index (χ2v) is 6.91. The molecule has 0 saturated heterocycles. The summed E-state index contributed by atoms with van der Waals surface area (Å²) in [7, 11) is 5.73. The summed E-state index contributed by atoms with van der Waals surface area (Å²) in [6.07, 6.45) is 0.852. The van der Waals surface area contributed by atoms with Gasteiger partial charge in [0.05, 0.1) is 22.7 Å². The number of halogens is 3. The predicted molar refractivity (Wildman–Crippen MR) is 113 cm³/mol. The summed E-state index contributed by atoms with van der Waals surface area (Å²) in [5.74, 6) is -6.18. The van der Waals surface area contributed by atoms with E-state index >= 15 is 0 Å². The van der Waals surface area contributed by atoms with E-state index in [1.165, 1.54) is 6.92 Å². The van der Waals surface area contributed by atoms with Crippen LogP contribution in [-0.4, -0.2) is 35.9 Å². The van der Waals surface area contributed by atoms with Gasteiger partial charge in [-0.3, -0.25) is 19.7 Å². The van der Waals surface area contributed by atoms with Crippen LogP contribution in [0, 0.1) is 27.6 Å². The van der Waals surface area contributed by atoms with Crippen LogP contribution in [0.25, 0.3) is 16.6 Å². The first-order valence-corrected chi connectivity index (χ1v) is 9.58. The molecule has 0 unspecified atom stereocenters. The summed E-state index contributed by atoms with van der Waals surface area (Å²) in [5, 5.41) is 10.8. The maximum atomic E-state index is 14.4. The molecule has 0 aliphatic heterocycles. The van der Waals surface area contributed by atoms with Gasteiger partial charge in [-0.2, -0.15) is 4.39 Å². The minimum atomic E-state index is -1.53. The van der Waals surface area contributed by atoms with E-state index in [9.17, 15) is 37.7 Å². The molecular formula is C21H14BF3N2O7. The van der Waals surface area contributed by atoms with E-state index in [2.05, 4.69) is 0 Å². The molecule has 13 heteroatoms. The van der Waals surface area contributed by atoms with Crippen molar-refractivity contribution < 1.29 is 37.2 Å². The lowest BCUT2D eigenvalue weighted by Crippen LogP contribution is -2.26. The molecule has 34 heavy (non-hydrogen) atoms. The predicted octanol–water partition coefficient (Wildman–Crippen LogP) is 2.35. The molecule has 0 atom stereocenters. The first kappa shape index (κ1) is 24.5. The molecule has 0 saturated carbocycles. The Labute approximate surface area is 190 Å². The fourth-order valence-corrected chi connectivity index (χ4v) is 3.26. The summed E-state index contributed by atoms with van der Waals surface area (Å²) >= 11 is 0. The van der Waals surface area contributed by atoms with Crippen LogP contribution in [0.5, 0.6) is 0 Å². The molecule has 174 valence electrons. The Bertz CT molecular complexity index is 1420. The standard InChI is InChI=1S/C21H14BF3N2O7/c1-3-33-21(30)12-7-26(19-11(20(12)29)5-14(24)18(25)17(19)22)15-6-16(27(31)32)13(23)4-10(15)8-34-9(2)28/h4-7H,3,8H2,1-2H3. The number of pyridine rings is 1. The van der Waals surface area contributed by atoms with E-state index in [0.717, 1.165) is 17.7 Å². The summed E-state index contributed by atoms with van der Waals surface area (Å²) in [6.45, 7) is 1.80. The molecule has 1 heterocycles. The van der Waals surface area contributed by atoms with Gasteiger partial charge >= 0.3 is 17.6 Å². The van der Waals surface area contributed by atoms with Gasteiger partial charge in [-0.05, 0) is 24.5 Å². The van der Waals surface area contributed by atoms with Crippen molar-refractivity contribution in [3.8, 4) is 5.69 Å². The zero-order valence-electron chi connectivity index (χ0n) is 17.7. The Morgan fingerprint density at radius 1 is 1.15 bits per heavy atom. The third-order valence-electron chi connectivity index (χ3n) is 4.75. The molecule has 3 aromatic rings. The molecule has 0 amide bonds. The van der Waals surface area contributed by atoms with Crippen molar-refractivity contribution in [2.45, 2.75) is 20.5 Å². The van der Waals surface area contributed by atoms with Gasteiger partial charge < -0.3 is 14.0 Å². The van der Waals surface area contributed by atoms with Gasteiger partial charge in [-0.25, -0.2) is 13.6 Å². The van der Waals surface area contributed by atoms with Crippen LogP contribution in [0.2, 0.25) is 0 Å². The molecular weight excluding hydrogens is 460 g/mol. The normalized spacial score (nSPS) is 10.9. The van der Waals surface area contributed by atoms with Crippen LogP contribution in [0.4, 0.5) is 18.9 Å². The first-order chi connectivity index (χ1) is 16.0. The van der Waals surface area contributed by atoms with Gasteiger partial charge in [0.1, 0.15) is 20.0 Å². The Hall–Kier alpha value is -4.16. The number of esters is 2. The number of ether oxygens (including phenoxy) is 2. The number of nitro benzene ring substituents is 1. The molecule has 0 aliphatic carbocycles. The van der Waals surface area contributed by atoms with E-state index in [1.54, 1.807) is 0 Å². The van der Waals surface area contributed by atoms with Gasteiger partial charge in [0.15, 0.2) is 11.6 Å². The van der Waals surface area contributed by atoms with Crippen LogP contribution in [-0.2, 0) is 20.9 Å². The smallest absolute Gasteiger partial charge is 0.343 e. The molecule has 1 aromatic heterocycles. The lowest BCUT2D eigenvalue weighted by molar-refractivity contribution is -0.387. The maximum Gasteiger partial charge on any atom is 0.343 e. The number of carbonyl (C=O) groups is 2. The molecule has 0 aliphatic rings. The number of benzene rings is 2. The number of hydrogen-bond acceptors (Lipinski definition) is 7. The fourth-order valence-electron chi connectivity index (χ4n) is 3.26. The number of nitro groups is 1. The highest BCUT2D eigenvalue weighted by molar-refractivity contribution is 6.38. The zero-order chi connectivity index (χ0) is 25.3. The number of carbonyl (C=O) groups excluding carboxylic acids is 2. The highest BCUT2D eigenvalue weighted by atomic mass is 19.2. The maximum absolute atomic E-state index is 14.4. The highest BCUT2D eigenvalue weighted by Gasteiger charge is 2.25. The quantitative estimate of drug-likeness (QED) is 0.233. The molecule has 3 rings (SSSR count). The van der Waals surface area contributed by atoms with E-state index in [0.29, 0.717) is 18.2 Å². The zero-order valence-corrected chi connectivity index (χ0v) is 17.7. The average Bonchev–Trinajstić information content (AvgIpc) is 2.76. The van der Waals surface area contributed by atoms with Crippen LogP contribution in [0.3, 0.4) is 0 Å². The Balaban J connectivity index is 2.52.